The lowest BCUT2D eigenvalue weighted by Gasteiger charge is -2.11. The first-order valence-electron chi connectivity index (χ1n) is 5.75. The predicted molar refractivity (Wildman–Crippen MR) is 64.5 cm³/mol. The van der Waals surface area contributed by atoms with Crippen molar-refractivity contribution in [3.8, 4) is 11.9 Å². The SMILES string of the molecule is CCNc1cc(C(F)(F)F)cc(Oc2ncn(C)n2)n1. The standard InChI is InChI=1S/C11H12F3N5O/c1-3-15-8-4-7(11(12,13)14)5-9(17-8)20-10-16-6-19(2)18-10/h4-6H,3H2,1-2H3,(H,15,17). The van der Waals surface area contributed by atoms with E-state index in [-0.39, 0.29) is 17.7 Å². The fraction of sp³-hybridized carbons (Fsp3) is 0.364. The summed E-state index contributed by atoms with van der Waals surface area (Å²) in [5.41, 5.74) is -0.852. The summed E-state index contributed by atoms with van der Waals surface area (Å²) in [7, 11) is 1.61. The van der Waals surface area contributed by atoms with Crippen molar-refractivity contribution < 1.29 is 17.9 Å². The zero-order valence-corrected chi connectivity index (χ0v) is 10.8. The molecular weight excluding hydrogens is 275 g/mol. The van der Waals surface area contributed by atoms with Gasteiger partial charge in [0.05, 0.1) is 5.56 Å². The molecule has 0 fully saturated rings. The molecule has 9 heteroatoms. The van der Waals surface area contributed by atoms with Crippen LogP contribution in [-0.2, 0) is 13.2 Å². The summed E-state index contributed by atoms with van der Waals surface area (Å²) < 4.78 is 44.9. The Morgan fingerprint density at radius 3 is 2.65 bits per heavy atom. The van der Waals surface area contributed by atoms with E-state index in [4.69, 9.17) is 4.74 Å². The Balaban J connectivity index is 2.33. The monoisotopic (exact) mass is 287 g/mol. The Labute approximate surface area is 112 Å². The highest BCUT2D eigenvalue weighted by Gasteiger charge is 2.32. The molecule has 20 heavy (non-hydrogen) atoms. The molecule has 0 spiro atoms. The summed E-state index contributed by atoms with van der Waals surface area (Å²) in [5.74, 6) is -0.143. The van der Waals surface area contributed by atoms with Gasteiger partial charge in [-0.15, -0.1) is 5.10 Å². The lowest BCUT2D eigenvalue weighted by atomic mass is 10.2. The lowest BCUT2D eigenvalue weighted by Crippen LogP contribution is -2.09. The second-order valence-corrected chi connectivity index (χ2v) is 3.91. The quantitative estimate of drug-likeness (QED) is 0.935. The van der Waals surface area contributed by atoms with Crippen LogP contribution >= 0.6 is 0 Å². The highest BCUT2D eigenvalue weighted by molar-refractivity contribution is 5.43. The van der Waals surface area contributed by atoms with Crippen LogP contribution in [0.1, 0.15) is 12.5 Å². The molecule has 0 atom stereocenters. The van der Waals surface area contributed by atoms with Crippen LogP contribution in [0, 0.1) is 0 Å². The van der Waals surface area contributed by atoms with Gasteiger partial charge in [0.15, 0.2) is 0 Å². The molecule has 0 amide bonds. The number of aryl methyl sites for hydroxylation is 1. The van der Waals surface area contributed by atoms with Crippen molar-refractivity contribution in [1.29, 1.82) is 0 Å². The maximum Gasteiger partial charge on any atom is 0.416 e. The lowest BCUT2D eigenvalue weighted by molar-refractivity contribution is -0.137. The molecule has 6 nitrogen and oxygen atoms in total. The van der Waals surface area contributed by atoms with Crippen molar-refractivity contribution in [3.05, 3.63) is 24.0 Å². The van der Waals surface area contributed by atoms with Crippen molar-refractivity contribution in [2.75, 3.05) is 11.9 Å². The molecule has 1 N–H and O–H groups in total. The van der Waals surface area contributed by atoms with E-state index >= 15 is 0 Å². The van der Waals surface area contributed by atoms with Crippen LogP contribution in [0.2, 0.25) is 0 Å². The van der Waals surface area contributed by atoms with E-state index in [1.165, 1.54) is 11.0 Å². The van der Waals surface area contributed by atoms with E-state index in [2.05, 4.69) is 20.4 Å². The molecule has 0 saturated carbocycles. The molecule has 2 heterocycles. The molecule has 0 aliphatic heterocycles. The van der Waals surface area contributed by atoms with Gasteiger partial charge in [0, 0.05) is 19.7 Å². The summed E-state index contributed by atoms with van der Waals surface area (Å²) in [6, 6.07) is 1.65. The fourth-order valence-corrected chi connectivity index (χ4v) is 1.45. The Morgan fingerprint density at radius 2 is 2.10 bits per heavy atom. The topological polar surface area (TPSA) is 64.9 Å². The van der Waals surface area contributed by atoms with Crippen molar-refractivity contribution in [1.82, 2.24) is 19.7 Å². The number of nitrogens with one attached hydrogen (secondary N) is 1. The zero-order valence-electron chi connectivity index (χ0n) is 10.8. The molecule has 0 saturated heterocycles. The predicted octanol–water partition coefficient (Wildman–Crippen LogP) is 2.45. The number of nitrogens with zero attached hydrogens (tertiary/aromatic N) is 4. The summed E-state index contributed by atoms with van der Waals surface area (Å²) in [6.45, 7) is 2.19. The number of rotatable bonds is 4. The van der Waals surface area contributed by atoms with Gasteiger partial charge in [0.25, 0.3) is 0 Å². The van der Waals surface area contributed by atoms with Crippen molar-refractivity contribution >= 4 is 5.82 Å². The van der Waals surface area contributed by atoms with Gasteiger partial charge < -0.3 is 10.1 Å². The van der Waals surface area contributed by atoms with Gasteiger partial charge in [-0.1, -0.05) is 0 Å². The van der Waals surface area contributed by atoms with E-state index in [1.807, 2.05) is 0 Å². The minimum absolute atomic E-state index is 0.0678. The first kappa shape index (κ1) is 14.1. The van der Waals surface area contributed by atoms with Crippen LogP contribution in [0.15, 0.2) is 18.5 Å². The Bertz CT molecular complexity index is 596. The van der Waals surface area contributed by atoms with Crippen molar-refractivity contribution in [3.63, 3.8) is 0 Å². The number of aromatic nitrogens is 4. The van der Waals surface area contributed by atoms with Gasteiger partial charge in [-0.3, -0.25) is 4.68 Å². The maximum atomic E-state index is 12.8. The molecule has 0 aliphatic rings. The van der Waals surface area contributed by atoms with E-state index in [0.717, 1.165) is 12.1 Å². The molecule has 0 unspecified atom stereocenters. The molecule has 0 radical (unpaired) electrons. The molecule has 2 aromatic heterocycles. The Kier molecular flexibility index (Phi) is 3.77. The Morgan fingerprint density at radius 1 is 1.35 bits per heavy atom. The normalized spacial score (nSPS) is 11.4. The van der Waals surface area contributed by atoms with Crippen LogP contribution < -0.4 is 10.1 Å². The number of pyridine rings is 1. The Hall–Kier alpha value is -2.32. The molecule has 0 aromatic carbocycles. The number of hydrogen-bond donors (Lipinski definition) is 1. The zero-order chi connectivity index (χ0) is 14.8. The van der Waals surface area contributed by atoms with Gasteiger partial charge in [-0.05, 0) is 13.0 Å². The first-order chi connectivity index (χ1) is 9.38. The number of halogens is 3. The fourth-order valence-electron chi connectivity index (χ4n) is 1.45. The average molecular weight is 287 g/mol. The second-order valence-electron chi connectivity index (χ2n) is 3.91. The van der Waals surface area contributed by atoms with E-state index in [1.54, 1.807) is 14.0 Å². The molecular formula is C11H12F3N5O. The third kappa shape index (κ3) is 3.37. The number of alkyl halides is 3. The molecule has 0 bridgehead atoms. The van der Waals surface area contributed by atoms with Crippen LogP contribution in [-0.4, -0.2) is 26.3 Å². The third-order valence-corrected chi connectivity index (χ3v) is 2.26. The van der Waals surface area contributed by atoms with Crippen molar-refractivity contribution in [2.24, 2.45) is 7.05 Å². The second kappa shape index (κ2) is 5.35. The highest BCUT2D eigenvalue weighted by atomic mass is 19.4. The van der Waals surface area contributed by atoms with Gasteiger partial charge in [0.1, 0.15) is 12.1 Å². The summed E-state index contributed by atoms with van der Waals surface area (Å²) in [4.78, 5) is 7.69. The van der Waals surface area contributed by atoms with Gasteiger partial charge >= 0.3 is 12.2 Å². The number of hydrogen-bond acceptors (Lipinski definition) is 5. The van der Waals surface area contributed by atoms with Crippen LogP contribution in [0.4, 0.5) is 19.0 Å². The minimum atomic E-state index is -4.48. The van der Waals surface area contributed by atoms with Gasteiger partial charge in [-0.25, -0.2) is 0 Å². The molecule has 0 aliphatic carbocycles. The summed E-state index contributed by atoms with van der Waals surface area (Å²) in [5, 5.41) is 6.53. The van der Waals surface area contributed by atoms with Crippen LogP contribution in [0.3, 0.4) is 0 Å². The molecule has 108 valence electrons. The maximum absolute atomic E-state index is 12.8. The highest BCUT2D eigenvalue weighted by Crippen LogP contribution is 2.33. The average Bonchev–Trinajstić information content (AvgIpc) is 2.74. The van der Waals surface area contributed by atoms with E-state index in [0.29, 0.717) is 6.54 Å². The van der Waals surface area contributed by atoms with Gasteiger partial charge in [0.2, 0.25) is 5.88 Å². The number of ether oxygens (including phenoxy) is 1. The largest absolute Gasteiger partial charge is 0.416 e. The van der Waals surface area contributed by atoms with Crippen LogP contribution in [0.5, 0.6) is 11.9 Å². The van der Waals surface area contributed by atoms with E-state index < -0.39 is 11.7 Å². The molecule has 2 aromatic rings. The first-order valence-corrected chi connectivity index (χ1v) is 5.75. The number of anilines is 1. The van der Waals surface area contributed by atoms with E-state index in [9.17, 15) is 13.2 Å². The summed E-state index contributed by atoms with van der Waals surface area (Å²) >= 11 is 0. The van der Waals surface area contributed by atoms with Crippen molar-refractivity contribution in [2.45, 2.75) is 13.1 Å². The summed E-state index contributed by atoms with van der Waals surface area (Å²) in [6.07, 6.45) is -3.11. The van der Waals surface area contributed by atoms with Gasteiger partial charge in [-0.2, -0.15) is 23.1 Å². The van der Waals surface area contributed by atoms with Crippen LogP contribution in [0.25, 0.3) is 0 Å². The minimum Gasteiger partial charge on any atom is -0.404 e. The smallest absolute Gasteiger partial charge is 0.404 e. The molecule has 2 rings (SSSR count). The third-order valence-electron chi connectivity index (χ3n) is 2.26.